The van der Waals surface area contributed by atoms with Gasteiger partial charge in [-0.2, -0.15) is 5.26 Å². The van der Waals surface area contributed by atoms with Gasteiger partial charge in [0, 0.05) is 18.7 Å². The van der Waals surface area contributed by atoms with Gasteiger partial charge >= 0.3 is 0 Å². The average Bonchev–Trinajstić information content (AvgIpc) is 3.06. The van der Waals surface area contributed by atoms with Crippen molar-refractivity contribution in [1.29, 1.82) is 5.26 Å². The molecule has 2 N–H and O–H groups in total. The molecule has 32 heavy (non-hydrogen) atoms. The number of aliphatic imine (C=N–C) groups is 1. The van der Waals surface area contributed by atoms with Crippen LogP contribution >= 0.6 is 0 Å². The van der Waals surface area contributed by atoms with Gasteiger partial charge in [0.2, 0.25) is 0 Å². The van der Waals surface area contributed by atoms with Gasteiger partial charge in [-0.25, -0.2) is 8.42 Å². The number of carbonyl (C=O) groups excluding carboxylic acids is 1. The SMILES string of the molecule is COc1ccc(/C=C(/C#N)C(=O)Nc2ccc(S(=O)(=O)NC3=NCCCCC3)cc2)cc1. The fourth-order valence-electron chi connectivity index (χ4n) is 3.10. The number of sulfonamides is 1. The second kappa shape index (κ2) is 10.6. The van der Waals surface area contributed by atoms with Crippen molar-refractivity contribution >= 4 is 33.5 Å². The third-order valence-electron chi connectivity index (χ3n) is 4.84. The van der Waals surface area contributed by atoms with Crippen LogP contribution in [0.15, 0.2) is 64.0 Å². The molecule has 3 rings (SSSR count). The minimum atomic E-state index is -3.76. The lowest BCUT2D eigenvalue weighted by Gasteiger charge is -2.10. The average molecular weight is 453 g/mol. The van der Waals surface area contributed by atoms with E-state index in [-0.39, 0.29) is 10.5 Å². The van der Waals surface area contributed by atoms with E-state index in [1.807, 2.05) is 6.07 Å². The highest BCUT2D eigenvalue weighted by Gasteiger charge is 2.17. The summed E-state index contributed by atoms with van der Waals surface area (Å²) in [6.45, 7) is 0.619. The maximum absolute atomic E-state index is 12.6. The molecule has 1 amide bonds. The summed E-state index contributed by atoms with van der Waals surface area (Å²) >= 11 is 0. The summed E-state index contributed by atoms with van der Waals surface area (Å²) in [6.07, 6.45) is 4.95. The molecule has 0 radical (unpaired) electrons. The number of nitriles is 1. The van der Waals surface area contributed by atoms with Crippen molar-refractivity contribution in [3.05, 3.63) is 59.7 Å². The van der Waals surface area contributed by atoms with Crippen LogP contribution in [0.1, 0.15) is 31.2 Å². The number of anilines is 1. The number of carbonyl (C=O) groups is 1. The Morgan fingerprint density at radius 2 is 1.81 bits per heavy atom. The van der Waals surface area contributed by atoms with E-state index >= 15 is 0 Å². The first kappa shape index (κ1) is 23.0. The lowest BCUT2D eigenvalue weighted by atomic mass is 10.1. The molecular formula is C23H24N4O4S. The molecule has 0 aromatic heterocycles. The van der Waals surface area contributed by atoms with Crippen molar-refractivity contribution < 1.29 is 17.9 Å². The number of methoxy groups -OCH3 is 1. The molecule has 0 bridgehead atoms. The number of nitrogens with zero attached hydrogens (tertiary/aromatic N) is 2. The van der Waals surface area contributed by atoms with E-state index in [0.29, 0.717) is 35.8 Å². The number of rotatable bonds is 6. The van der Waals surface area contributed by atoms with Crippen LogP contribution in [0.25, 0.3) is 6.08 Å². The standard InChI is InChI=1S/C23H24N4O4S/c1-31-20-10-6-17(7-11-20)15-18(16-24)23(28)26-19-8-12-21(13-9-19)32(29,30)27-22-5-3-2-4-14-25-22/h6-13,15H,2-5,14H2,1H3,(H,25,27)(H,26,28)/b18-15-. The molecule has 0 aliphatic carbocycles. The van der Waals surface area contributed by atoms with E-state index in [1.165, 1.54) is 30.3 Å². The fourth-order valence-corrected chi connectivity index (χ4v) is 4.19. The number of amidine groups is 1. The first-order chi connectivity index (χ1) is 15.4. The molecule has 2 aromatic carbocycles. The quantitative estimate of drug-likeness (QED) is 0.513. The molecule has 1 aliphatic rings. The van der Waals surface area contributed by atoms with Crippen molar-refractivity contribution in [3.8, 4) is 11.8 Å². The van der Waals surface area contributed by atoms with E-state index in [2.05, 4.69) is 15.0 Å². The van der Waals surface area contributed by atoms with Crippen LogP contribution in [0.3, 0.4) is 0 Å². The number of nitrogens with one attached hydrogen (secondary N) is 2. The summed E-state index contributed by atoms with van der Waals surface area (Å²) < 4.78 is 32.9. The van der Waals surface area contributed by atoms with Crippen LogP contribution in [-0.4, -0.2) is 33.8 Å². The van der Waals surface area contributed by atoms with Crippen molar-refractivity contribution in [2.24, 2.45) is 4.99 Å². The molecule has 1 heterocycles. The molecule has 0 unspecified atom stereocenters. The molecule has 0 saturated heterocycles. The fraction of sp³-hybridized carbons (Fsp3) is 0.261. The van der Waals surface area contributed by atoms with Gasteiger partial charge < -0.3 is 10.1 Å². The van der Waals surface area contributed by atoms with Crippen LogP contribution in [0.2, 0.25) is 0 Å². The smallest absolute Gasteiger partial charge is 0.266 e. The summed E-state index contributed by atoms with van der Waals surface area (Å²) in [7, 11) is -2.20. The summed E-state index contributed by atoms with van der Waals surface area (Å²) in [4.78, 5) is 16.8. The van der Waals surface area contributed by atoms with Gasteiger partial charge in [0.05, 0.1) is 12.0 Å². The van der Waals surface area contributed by atoms with Gasteiger partial charge in [-0.15, -0.1) is 0 Å². The summed E-state index contributed by atoms with van der Waals surface area (Å²) in [5.41, 5.74) is 0.961. The predicted molar refractivity (Wildman–Crippen MR) is 123 cm³/mol. The van der Waals surface area contributed by atoms with Crippen molar-refractivity contribution in [3.63, 3.8) is 0 Å². The number of benzene rings is 2. The Morgan fingerprint density at radius 3 is 2.47 bits per heavy atom. The normalized spacial score (nSPS) is 14.5. The maximum Gasteiger partial charge on any atom is 0.266 e. The molecule has 9 heteroatoms. The van der Waals surface area contributed by atoms with Crippen LogP contribution < -0.4 is 14.8 Å². The molecule has 0 spiro atoms. The van der Waals surface area contributed by atoms with Gasteiger partial charge in [-0.1, -0.05) is 18.6 Å². The van der Waals surface area contributed by atoms with Gasteiger partial charge in [0.15, 0.2) is 0 Å². The highest BCUT2D eigenvalue weighted by atomic mass is 32.2. The topological polar surface area (TPSA) is 121 Å². The Hall–Kier alpha value is -3.64. The summed E-state index contributed by atoms with van der Waals surface area (Å²) in [6, 6.07) is 14.5. The highest BCUT2D eigenvalue weighted by molar-refractivity contribution is 7.90. The van der Waals surface area contributed by atoms with Crippen LogP contribution in [0, 0.1) is 11.3 Å². The second-order valence-electron chi connectivity index (χ2n) is 7.17. The minimum absolute atomic E-state index is 0.0664. The maximum atomic E-state index is 12.6. The molecule has 8 nitrogen and oxygen atoms in total. The summed E-state index contributed by atoms with van der Waals surface area (Å²) in [5, 5.41) is 12.0. The van der Waals surface area contributed by atoms with E-state index in [9.17, 15) is 18.5 Å². The van der Waals surface area contributed by atoms with Gasteiger partial charge in [0.1, 0.15) is 23.2 Å². The highest BCUT2D eigenvalue weighted by Crippen LogP contribution is 2.18. The van der Waals surface area contributed by atoms with Crippen molar-refractivity contribution in [2.75, 3.05) is 19.0 Å². The van der Waals surface area contributed by atoms with E-state index in [0.717, 1.165) is 19.3 Å². The Balaban J connectivity index is 1.68. The van der Waals surface area contributed by atoms with Crippen molar-refractivity contribution in [2.45, 2.75) is 30.6 Å². The predicted octanol–water partition coefficient (Wildman–Crippen LogP) is 3.49. The zero-order valence-corrected chi connectivity index (χ0v) is 18.5. The molecule has 2 aromatic rings. The molecule has 1 aliphatic heterocycles. The molecule has 0 atom stereocenters. The lowest BCUT2D eigenvalue weighted by molar-refractivity contribution is -0.112. The molecule has 166 valence electrons. The molecule has 0 saturated carbocycles. The van der Waals surface area contributed by atoms with E-state index < -0.39 is 15.9 Å². The zero-order valence-electron chi connectivity index (χ0n) is 17.7. The van der Waals surface area contributed by atoms with Gasteiger partial charge in [0.25, 0.3) is 15.9 Å². The van der Waals surface area contributed by atoms with Gasteiger partial charge in [-0.3, -0.25) is 14.5 Å². The summed E-state index contributed by atoms with van der Waals surface area (Å²) in [5.74, 6) is 0.549. The second-order valence-corrected chi connectivity index (χ2v) is 8.85. The minimum Gasteiger partial charge on any atom is -0.497 e. The van der Waals surface area contributed by atoms with Crippen LogP contribution in [-0.2, 0) is 14.8 Å². The number of ether oxygens (including phenoxy) is 1. The lowest BCUT2D eigenvalue weighted by Crippen LogP contribution is -2.30. The first-order valence-electron chi connectivity index (χ1n) is 10.1. The number of amides is 1. The van der Waals surface area contributed by atoms with Crippen molar-refractivity contribution in [1.82, 2.24) is 4.72 Å². The van der Waals surface area contributed by atoms with E-state index in [1.54, 1.807) is 31.4 Å². The first-order valence-corrected chi connectivity index (χ1v) is 11.6. The largest absolute Gasteiger partial charge is 0.497 e. The molecular weight excluding hydrogens is 428 g/mol. The molecule has 0 fully saturated rings. The van der Waals surface area contributed by atoms with E-state index in [4.69, 9.17) is 4.74 Å². The third kappa shape index (κ3) is 6.18. The van der Waals surface area contributed by atoms with Crippen LogP contribution in [0.5, 0.6) is 5.75 Å². The van der Waals surface area contributed by atoms with Gasteiger partial charge in [-0.05, 0) is 60.9 Å². The Bertz CT molecular complexity index is 1160. The Labute approximate surface area is 187 Å². The Kier molecular flexibility index (Phi) is 7.63. The number of hydrogen-bond acceptors (Lipinski definition) is 6. The Morgan fingerprint density at radius 1 is 1.09 bits per heavy atom. The third-order valence-corrected chi connectivity index (χ3v) is 6.24. The monoisotopic (exact) mass is 452 g/mol. The zero-order chi connectivity index (χ0) is 23.0. The number of hydrogen-bond donors (Lipinski definition) is 2. The van der Waals surface area contributed by atoms with Crippen LogP contribution in [0.4, 0.5) is 5.69 Å².